The molecule has 0 atom stereocenters. The highest BCUT2D eigenvalue weighted by Crippen LogP contribution is 2.33. The van der Waals surface area contributed by atoms with Gasteiger partial charge in [-0.2, -0.15) is 13.2 Å². The van der Waals surface area contributed by atoms with Gasteiger partial charge in [0.05, 0.1) is 17.1 Å². The first kappa shape index (κ1) is 23.8. The van der Waals surface area contributed by atoms with Crippen LogP contribution in [0.25, 0.3) is 6.08 Å². The summed E-state index contributed by atoms with van der Waals surface area (Å²) in [5, 5.41) is 2.42. The largest absolute Gasteiger partial charge is 0.494 e. The molecule has 2 amide bonds. The minimum atomic E-state index is -4.50. The van der Waals surface area contributed by atoms with Gasteiger partial charge in [0.2, 0.25) is 5.91 Å². The molecule has 3 rings (SSSR count). The second kappa shape index (κ2) is 10.2. The number of halogens is 3. The van der Waals surface area contributed by atoms with Crippen LogP contribution in [0.3, 0.4) is 0 Å². The van der Waals surface area contributed by atoms with Crippen molar-refractivity contribution in [1.82, 2.24) is 4.90 Å². The second-order valence-corrected chi connectivity index (χ2v) is 8.39. The number of rotatable bonds is 7. The van der Waals surface area contributed by atoms with E-state index in [-0.39, 0.29) is 24.6 Å². The Hall–Kier alpha value is -2.85. The summed E-state index contributed by atoms with van der Waals surface area (Å²) in [6, 6.07) is 11.6. The molecule has 0 aromatic heterocycles. The van der Waals surface area contributed by atoms with Gasteiger partial charge in [-0.15, -0.1) is 0 Å². The number of thioether (sulfide) groups is 1. The van der Waals surface area contributed by atoms with Crippen molar-refractivity contribution in [3.05, 3.63) is 64.6 Å². The summed E-state index contributed by atoms with van der Waals surface area (Å²) < 4.78 is 44.1. The van der Waals surface area contributed by atoms with Crippen LogP contribution >= 0.6 is 24.0 Å². The van der Waals surface area contributed by atoms with Crippen molar-refractivity contribution in [2.45, 2.75) is 19.5 Å². The van der Waals surface area contributed by atoms with Crippen molar-refractivity contribution in [3.8, 4) is 5.75 Å². The van der Waals surface area contributed by atoms with Crippen LogP contribution in [0.5, 0.6) is 5.75 Å². The molecular weight excluding hydrogens is 461 g/mol. The fourth-order valence-electron chi connectivity index (χ4n) is 2.88. The lowest BCUT2D eigenvalue weighted by Gasteiger charge is -2.14. The highest BCUT2D eigenvalue weighted by atomic mass is 32.2. The molecule has 1 saturated heterocycles. The molecule has 5 nitrogen and oxygen atoms in total. The lowest BCUT2D eigenvalue weighted by atomic mass is 10.2. The molecule has 0 saturated carbocycles. The Kier molecular flexibility index (Phi) is 7.57. The molecule has 10 heteroatoms. The monoisotopic (exact) mass is 480 g/mol. The van der Waals surface area contributed by atoms with Gasteiger partial charge in [-0.1, -0.05) is 42.2 Å². The summed E-state index contributed by atoms with van der Waals surface area (Å²) in [4.78, 5) is 26.6. The van der Waals surface area contributed by atoms with Gasteiger partial charge in [-0.25, -0.2) is 0 Å². The molecule has 32 heavy (non-hydrogen) atoms. The molecule has 0 spiro atoms. The maximum Gasteiger partial charge on any atom is 0.416 e. The van der Waals surface area contributed by atoms with E-state index in [4.69, 9.17) is 17.0 Å². The van der Waals surface area contributed by atoms with Crippen LogP contribution in [0.1, 0.15) is 24.5 Å². The van der Waals surface area contributed by atoms with Crippen molar-refractivity contribution in [3.63, 3.8) is 0 Å². The predicted octanol–water partition coefficient (Wildman–Crippen LogP) is 5.33. The van der Waals surface area contributed by atoms with E-state index < -0.39 is 17.6 Å². The zero-order valence-corrected chi connectivity index (χ0v) is 18.6. The zero-order valence-electron chi connectivity index (χ0n) is 16.9. The van der Waals surface area contributed by atoms with E-state index in [1.165, 1.54) is 17.0 Å². The number of nitrogens with one attached hydrogen (secondary N) is 1. The van der Waals surface area contributed by atoms with Crippen LogP contribution in [0.15, 0.2) is 53.4 Å². The fraction of sp³-hybridized carbons (Fsp3) is 0.227. The van der Waals surface area contributed by atoms with Gasteiger partial charge < -0.3 is 10.1 Å². The van der Waals surface area contributed by atoms with E-state index in [2.05, 4.69) is 5.32 Å². The average molecular weight is 481 g/mol. The molecule has 0 unspecified atom stereocenters. The summed E-state index contributed by atoms with van der Waals surface area (Å²) in [7, 11) is 0. The number of amides is 2. The van der Waals surface area contributed by atoms with Gasteiger partial charge in [-0.05, 0) is 48.9 Å². The Bertz CT molecular complexity index is 1050. The Morgan fingerprint density at radius 2 is 1.94 bits per heavy atom. The summed E-state index contributed by atoms with van der Waals surface area (Å²) in [5.41, 5.74) is -0.0199. The van der Waals surface area contributed by atoms with Crippen LogP contribution in [0, 0.1) is 0 Å². The summed E-state index contributed by atoms with van der Waals surface area (Å²) in [5.74, 6) is -0.112. The van der Waals surface area contributed by atoms with Gasteiger partial charge >= 0.3 is 6.18 Å². The molecule has 0 aliphatic carbocycles. The molecule has 1 aliphatic rings. The Morgan fingerprint density at radius 1 is 1.22 bits per heavy atom. The lowest BCUT2D eigenvalue weighted by Crippen LogP contribution is -2.31. The molecule has 1 aliphatic heterocycles. The Labute approximate surface area is 192 Å². The first-order valence-electron chi connectivity index (χ1n) is 9.62. The number of hydrogen-bond donors (Lipinski definition) is 1. The number of benzene rings is 2. The minimum absolute atomic E-state index is 0.0239. The molecule has 1 heterocycles. The Balaban J connectivity index is 1.59. The van der Waals surface area contributed by atoms with E-state index >= 15 is 0 Å². The highest BCUT2D eigenvalue weighted by molar-refractivity contribution is 8.26. The van der Waals surface area contributed by atoms with E-state index in [0.29, 0.717) is 15.8 Å². The number of thiocarbonyl (C=S) groups is 1. The second-order valence-electron chi connectivity index (χ2n) is 6.71. The fourth-order valence-corrected chi connectivity index (χ4v) is 4.19. The van der Waals surface area contributed by atoms with Gasteiger partial charge in [-0.3, -0.25) is 14.5 Å². The average Bonchev–Trinajstić information content (AvgIpc) is 3.00. The van der Waals surface area contributed by atoms with Crippen molar-refractivity contribution < 1.29 is 27.5 Å². The summed E-state index contributed by atoms with van der Waals surface area (Å²) >= 11 is 6.39. The standard InChI is InChI=1S/C22H19F3N2O3S2/c1-2-30-17-8-6-14(7-9-17)12-18-20(29)27(21(31)32-18)11-10-19(28)26-16-5-3-4-15(13-16)22(23,24)25/h3-9,12-13H,2,10-11H2,1H3,(H,26,28)/b18-12-. The van der Waals surface area contributed by atoms with Crippen LogP contribution in [0.2, 0.25) is 0 Å². The van der Waals surface area contributed by atoms with Gasteiger partial charge in [0.1, 0.15) is 10.1 Å². The van der Waals surface area contributed by atoms with E-state index in [1.807, 2.05) is 19.1 Å². The van der Waals surface area contributed by atoms with Crippen LogP contribution in [-0.4, -0.2) is 34.2 Å². The summed E-state index contributed by atoms with van der Waals surface area (Å²) in [6.07, 6.45) is -2.91. The molecule has 2 aromatic carbocycles. The number of nitrogens with zero attached hydrogens (tertiary/aromatic N) is 1. The number of ether oxygens (including phenoxy) is 1. The van der Waals surface area contributed by atoms with E-state index in [9.17, 15) is 22.8 Å². The van der Waals surface area contributed by atoms with Gasteiger partial charge in [0, 0.05) is 18.7 Å². The molecule has 1 fully saturated rings. The minimum Gasteiger partial charge on any atom is -0.494 e. The number of hydrogen-bond acceptors (Lipinski definition) is 5. The number of anilines is 1. The molecule has 1 N–H and O–H groups in total. The van der Waals surface area contributed by atoms with Crippen molar-refractivity contribution in [1.29, 1.82) is 0 Å². The molecule has 2 aromatic rings. The molecule has 168 valence electrons. The molecule has 0 bridgehead atoms. The van der Waals surface area contributed by atoms with Crippen molar-refractivity contribution >= 4 is 51.9 Å². The first-order chi connectivity index (χ1) is 15.2. The number of carbonyl (C=O) groups is 2. The summed E-state index contributed by atoms with van der Waals surface area (Å²) in [6.45, 7) is 2.47. The maximum absolute atomic E-state index is 12.8. The predicted molar refractivity (Wildman–Crippen MR) is 122 cm³/mol. The first-order valence-corrected chi connectivity index (χ1v) is 10.8. The topological polar surface area (TPSA) is 58.6 Å². The van der Waals surface area contributed by atoms with Gasteiger partial charge in [0.15, 0.2) is 0 Å². The van der Waals surface area contributed by atoms with Crippen LogP contribution in [-0.2, 0) is 15.8 Å². The molecular formula is C22H19F3N2O3S2. The SMILES string of the molecule is CCOc1ccc(/C=C2\SC(=S)N(CCC(=O)Nc3cccc(C(F)(F)F)c3)C2=O)cc1. The number of carbonyl (C=O) groups excluding carboxylic acids is 2. The highest BCUT2D eigenvalue weighted by Gasteiger charge is 2.32. The third-order valence-corrected chi connectivity index (χ3v) is 5.78. The lowest BCUT2D eigenvalue weighted by molar-refractivity contribution is -0.137. The third-order valence-electron chi connectivity index (χ3n) is 4.40. The van der Waals surface area contributed by atoms with E-state index in [1.54, 1.807) is 18.2 Å². The van der Waals surface area contributed by atoms with Crippen LogP contribution in [0.4, 0.5) is 18.9 Å². The molecule has 0 radical (unpaired) electrons. The van der Waals surface area contributed by atoms with E-state index in [0.717, 1.165) is 35.2 Å². The van der Waals surface area contributed by atoms with Gasteiger partial charge in [0.25, 0.3) is 5.91 Å². The smallest absolute Gasteiger partial charge is 0.416 e. The quantitative estimate of drug-likeness (QED) is 0.429. The zero-order chi connectivity index (χ0) is 23.3. The van der Waals surface area contributed by atoms with Crippen molar-refractivity contribution in [2.24, 2.45) is 0 Å². The Morgan fingerprint density at radius 3 is 2.59 bits per heavy atom. The third kappa shape index (κ3) is 6.10. The normalized spacial score (nSPS) is 15.4. The van der Waals surface area contributed by atoms with Crippen molar-refractivity contribution in [2.75, 3.05) is 18.5 Å². The van der Waals surface area contributed by atoms with Crippen LogP contribution < -0.4 is 10.1 Å². The number of alkyl halides is 3. The maximum atomic E-state index is 12.8.